The summed E-state index contributed by atoms with van der Waals surface area (Å²) in [7, 11) is 7.54. The van der Waals surface area contributed by atoms with E-state index in [-0.39, 0.29) is 5.48 Å². The largest absolute Gasteiger partial charge is 0.412 e. The maximum atomic E-state index is 2.88. The molecule has 7 heavy (non-hydrogen) atoms. The van der Waals surface area contributed by atoms with Crippen LogP contribution in [0.1, 0.15) is 0 Å². The summed E-state index contributed by atoms with van der Waals surface area (Å²) in [5.41, 5.74) is 0. The molecule has 0 aliphatic carbocycles. The Labute approximate surface area is 47.6 Å². The molecule has 5 heteroatoms. The minimum atomic E-state index is 0. The van der Waals surface area contributed by atoms with Crippen molar-refractivity contribution in [1.29, 1.82) is 0 Å². The Bertz CT molecular complexity index is 60.7. The first-order chi connectivity index (χ1) is 2.77. The fourth-order valence-electron chi connectivity index (χ4n) is 0.115. The zero-order valence-electron chi connectivity index (χ0n) is 4.47. The van der Waals surface area contributed by atoms with Gasteiger partial charge in [0.15, 0.2) is 0 Å². The normalized spacial score (nSPS) is 7.86. The quantitative estimate of drug-likeness (QED) is 0.507. The molecule has 0 bridgehead atoms. The van der Waals surface area contributed by atoms with Crippen LogP contribution in [0.5, 0.6) is 0 Å². The molecule has 0 saturated heterocycles. The van der Waals surface area contributed by atoms with E-state index in [0.29, 0.717) is 0 Å². The second kappa shape index (κ2) is 6.45. The molecule has 0 aromatic heterocycles. The predicted octanol–water partition coefficient (Wildman–Crippen LogP) is -0.142. The maximum Gasteiger partial charge on any atom is 0.308 e. The summed E-state index contributed by atoms with van der Waals surface area (Å²) >= 11 is 0. The van der Waals surface area contributed by atoms with Crippen molar-refractivity contribution in [2.24, 2.45) is 0 Å². The SMILES string of the molecule is C[N+](C)=PNP.O. The van der Waals surface area contributed by atoms with E-state index in [1.54, 1.807) is 0 Å². The van der Waals surface area contributed by atoms with Crippen LogP contribution in [0, 0.1) is 0 Å². The molecule has 0 aliphatic heterocycles. The van der Waals surface area contributed by atoms with Crippen molar-refractivity contribution in [2.45, 2.75) is 0 Å². The van der Waals surface area contributed by atoms with Gasteiger partial charge in [-0.05, 0) is 0 Å². The van der Waals surface area contributed by atoms with Gasteiger partial charge in [-0.2, -0.15) is 4.86 Å². The van der Waals surface area contributed by atoms with Crippen LogP contribution in [0.4, 0.5) is 0 Å². The molecule has 3 N–H and O–H groups in total. The summed E-state index contributed by atoms with van der Waals surface area (Å²) in [4.78, 5) is 2.88. The second-order valence-corrected chi connectivity index (χ2v) is 3.11. The third-order valence-corrected chi connectivity index (χ3v) is 1.12. The smallest absolute Gasteiger partial charge is 0.308 e. The minimum Gasteiger partial charge on any atom is -0.412 e. The topological polar surface area (TPSA) is 46.5 Å². The average molecular weight is 141 g/mol. The summed E-state index contributed by atoms with van der Waals surface area (Å²) in [5, 5.41) is 0. The molecular weight excluding hydrogens is 130 g/mol. The first kappa shape index (κ1) is 10.4. The van der Waals surface area contributed by atoms with Gasteiger partial charge in [0.1, 0.15) is 14.1 Å². The monoisotopic (exact) mass is 141 g/mol. The van der Waals surface area contributed by atoms with E-state index in [2.05, 4.69) is 14.2 Å². The van der Waals surface area contributed by atoms with Gasteiger partial charge >= 0.3 is 8.52 Å². The zero-order valence-corrected chi connectivity index (χ0v) is 6.52. The van der Waals surface area contributed by atoms with E-state index in [4.69, 9.17) is 0 Å². The lowest BCUT2D eigenvalue weighted by atomic mass is 11.3. The van der Waals surface area contributed by atoms with Crippen molar-refractivity contribution in [3.05, 3.63) is 0 Å². The third-order valence-electron chi connectivity index (χ3n) is 0.258. The molecule has 1 atom stereocenters. The molecule has 0 saturated carbocycles. The van der Waals surface area contributed by atoms with Gasteiger partial charge in [0.2, 0.25) is 0 Å². The number of rotatable bonds is 1. The lowest BCUT2D eigenvalue weighted by molar-refractivity contribution is -0.438. The van der Waals surface area contributed by atoms with Gasteiger partial charge in [0, 0.05) is 0 Å². The van der Waals surface area contributed by atoms with E-state index in [1.807, 2.05) is 18.4 Å². The van der Waals surface area contributed by atoms with Crippen LogP contribution >= 0.6 is 17.9 Å². The molecule has 0 amide bonds. The Morgan fingerprint density at radius 3 is 2.00 bits per heavy atom. The van der Waals surface area contributed by atoms with Crippen LogP contribution in [0.15, 0.2) is 0 Å². The Hall–Kier alpha value is 0.450. The van der Waals surface area contributed by atoms with Gasteiger partial charge in [-0.3, -0.25) is 0 Å². The highest BCUT2D eigenvalue weighted by atomic mass is 31.1. The highest BCUT2D eigenvalue weighted by molar-refractivity contribution is 7.35. The molecule has 0 aromatic rings. The summed E-state index contributed by atoms with van der Waals surface area (Å²) in [6.07, 6.45) is 0. The van der Waals surface area contributed by atoms with Crippen LogP contribution in [0.25, 0.3) is 0 Å². The number of hydrogen-bond acceptors (Lipinski definition) is 0. The van der Waals surface area contributed by atoms with Crippen LogP contribution in [-0.2, 0) is 0 Å². The molecule has 0 aliphatic rings. The fraction of sp³-hybridized carbons (Fsp3) is 1.00. The molecule has 3 nitrogen and oxygen atoms in total. The van der Waals surface area contributed by atoms with Gasteiger partial charge in [0.05, 0.1) is 0 Å². The Morgan fingerprint density at radius 2 is 2.00 bits per heavy atom. The second-order valence-electron chi connectivity index (χ2n) is 1.08. The summed E-state index contributed by atoms with van der Waals surface area (Å²) in [5.74, 6) is 0. The average Bonchev–Trinajstić information content (AvgIpc) is 1.35. The van der Waals surface area contributed by atoms with Crippen molar-refractivity contribution >= 4 is 17.9 Å². The molecule has 0 radical (unpaired) electrons. The Morgan fingerprint density at radius 1 is 1.57 bits per heavy atom. The first-order valence-corrected chi connectivity index (χ1v) is 3.03. The van der Waals surface area contributed by atoms with E-state index >= 15 is 0 Å². The van der Waals surface area contributed by atoms with E-state index in [1.165, 1.54) is 0 Å². The molecule has 0 fully saturated rings. The molecule has 1 unspecified atom stereocenters. The molecule has 0 rings (SSSR count). The van der Waals surface area contributed by atoms with Gasteiger partial charge in [0.25, 0.3) is 0 Å². The number of nitrogens with zero attached hydrogens (tertiary/aromatic N) is 1. The van der Waals surface area contributed by atoms with Crippen molar-refractivity contribution < 1.29 is 9.80 Å². The van der Waals surface area contributed by atoms with E-state index in [9.17, 15) is 0 Å². The van der Waals surface area contributed by atoms with Crippen molar-refractivity contribution in [2.75, 3.05) is 14.1 Å². The van der Waals surface area contributed by atoms with Gasteiger partial charge < -0.3 is 5.48 Å². The van der Waals surface area contributed by atoms with Crippen LogP contribution in [0.2, 0.25) is 0 Å². The lowest BCUT2D eigenvalue weighted by Gasteiger charge is -1.75. The van der Waals surface area contributed by atoms with Crippen LogP contribution in [0.3, 0.4) is 0 Å². The lowest BCUT2D eigenvalue weighted by Crippen LogP contribution is -1.87. The molecule has 44 valence electrons. The number of hydrogen-bond donors (Lipinski definition) is 1. The van der Waals surface area contributed by atoms with Crippen molar-refractivity contribution in [3.63, 3.8) is 0 Å². The molecule has 0 aromatic carbocycles. The maximum absolute atomic E-state index is 2.88. The zero-order chi connectivity index (χ0) is 4.99. The highest BCUT2D eigenvalue weighted by Crippen LogP contribution is 1.88. The van der Waals surface area contributed by atoms with Crippen LogP contribution < -0.4 is 4.86 Å². The molecular formula is C2H11N2OP2+. The van der Waals surface area contributed by atoms with E-state index in [0.717, 1.165) is 8.52 Å². The minimum absolute atomic E-state index is 0. The molecule has 0 heterocycles. The highest BCUT2D eigenvalue weighted by Gasteiger charge is 1.74. The van der Waals surface area contributed by atoms with Gasteiger partial charge in [-0.15, -0.1) is 0 Å². The Balaban J connectivity index is 0. The third kappa shape index (κ3) is 10.7. The fourth-order valence-corrected chi connectivity index (χ4v) is 1.04. The van der Waals surface area contributed by atoms with Crippen molar-refractivity contribution in [3.8, 4) is 0 Å². The van der Waals surface area contributed by atoms with Crippen LogP contribution in [-0.4, -0.2) is 23.9 Å². The molecule has 0 spiro atoms. The van der Waals surface area contributed by atoms with Gasteiger partial charge in [-0.25, -0.2) is 4.33 Å². The Kier molecular flexibility index (Phi) is 9.61. The van der Waals surface area contributed by atoms with Gasteiger partial charge in [-0.1, -0.05) is 9.39 Å². The summed E-state index contributed by atoms with van der Waals surface area (Å²) in [6, 6.07) is 0. The van der Waals surface area contributed by atoms with Crippen molar-refractivity contribution in [1.82, 2.24) is 4.86 Å². The summed E-state index contributed by atoms with van der Waals surface area (Å²) in [6.45, 7) is 0. The first-order valence-electron chi connectivity index (χ1n) is 1.61. The predicted molar refractivity (Wildman–Crippen MR) is 35.5 cm³/mol. The standard InChI is InChI=1S/C2H8N2P2.H2O/c1-4(2)6-3-5;/h5H2,1-2H3;1H2/p+1. The summed E-state index contributed by atoms with van der Waals surface area (Å²) < 4.78 is 2.02. The van der Waals surface area contributed by atoms with E-state index < -0.39 is 0 Å². The number of nitrogens with one attached hydrogen (secondary N) is 1.